The molecule has 1 aromatic heterocycles. The summed E-state index contributed by atoms with van der Waals surface area (Å²) >= 11 is 7.25. The molecule has 1 unspecified atom stereocenters. The molecule has 1 amide bonds. The first-order valence-electron chi connectivity index (χ1n) is 7.91. The maximum absolute atomic E-state index is 12.5. The summed E-state index contributed by atoms with van der Waals surface area (Å²) < 4.78 is 33.4. The first-order valence-corrected chi connectivity index (χ1v) is 10.6. The lowest BCUT2D eigenvalue weighted by molar-refractivity contribution is -0.118. The zero-order valence-electron chi connectivity index (χ0n) is 14.7. The third-order valence-electron chi connectivity index (χ3n) is 3.61. The number of anilines is 1. The highest BCUT2D eigenvalue weighted by molar-refractivity contribution is 7.89. The van der Waals surface area contributed by atoms with Crippen LogP contribution in [0.1, 0.15) is 24.8 Å². The summed E-state index contributed by atoms with van der Waals surface area (Å²) in [5, 5.41) is 2.72. The van der Waals surface area contributed by atoms with Crippen LogP contribution in [0.5, 0.6) is 0 Å². The van der Waals surface area contributed by atoms with E-state index < -0.39 is 16.1 Å². The van der Waals surface area contributed by atoms with Crippen molar-refractivity contribution in [3.63, 3.8) is 0 Å². The van der Waals surface area contributed by atoms with Crippen molar-refractivity contribution in [2.24, 2.45) is 5.92 Å². The van der Waals surface area contributed by atoms with E-state index in [9.17, 15) is 13.2 Å². The number of benzene rings is 1. The van der Waals surface area contributed by atoms with Gasteiger partial charge in [0.15, 0.2) is 0 Å². The number of ether oxygens (including phenoxy) is 1. The molecule has 0 aliphatic rings. The van der Waals surface area contributed by atoms with Gasteiger partial charge in [0.2, 0.25) is 15.9 Å². The van der Waals surface area contributed by atoms with Gasteiger partial charge >= 0.3 is 0 Å². The topological polar surface area (TPSA) is 84.5 Å². The van der Waals surface area contributed by atoms with Gasteiger partial charge < -0.3 is 10.1 Å². The van der Waals surface area contributed by atoms with Gasteiger partial charge in [-0.25, -0.2) is 13.1 Å². The van der Waals surface area contributed by atoms with Gasteiger partial charge in [0.25, 0.3) is 0 Å². The molecule has 2 aromatic rings. The summed E-state index contributed by atoms with van der Waals surface area (Å²) in [6.45, 7) is 3.65. The summed E-state index contributed by atoms with van der Waals surface area (Å²) in [5.41, 5.74) is 0.547. The number of methoxy groups -OCH3 is 1. The second-order valence-electron chi connectivity index (χ2n) is 5.89. The smallest absolute Gasteiger partial charge is 0.240 e. The number of carbonyl (C=O) groups is 1. The summed E-state index contributed by atoms with van der Waals surface area (Å²) in [6, 6.07) is 9.56. The molecule has 9 heteroatoms. The normalized spacial score (nSPS) is 13.0. The van der Waals surface area contributed by atoms with Crippen molar-refractivity contribution in [1.29, 1.82) is 0 Å². The average Bonchev–Trinajstić information content (AvgIpc) is 3.02. The Hall–Kier alpha value is -1.45. The highest BCUT2D eigenvalue weighted by Gasteiger charge is 2.19. The van der Waals surface area contributed by atoms with E-state index in [0.29, 0.717) is 10.0 Å². The lowest BCUT2D eigenvalue weighted by Crippen LogP contribution is -2.29. The molecule has 0 aliphatic heterocycles. The third-order valence-corrected chi connectivity index (χ3v) is 6.37. The van der Waals surface area contributed by atoms with Crippen molar-refractivity contribution in [3.05, 3.63) is 45.6 Å². The van der Waals surface area contributed by atoms with E-state index in [-0.39, 0.29) is 23.3 Å². The molecule has 2 N–H and O–H groups in total. The quantitative estimate of drug-likeness (QED) is 0.687. The molecule has 1 atom stereocenters. The monoisotopic (exact) mass is 416 g/mol. The minimum atomic E-state index is -3.70. The molecule has 2 rings (SSSR count). The van der Waals surface area contributed by atoms with E-state index >= 15 is 0 Å². The van der Waals surface area contributed by atoms with Crippen LogP contribution in [-0.2, 0) is 19.6 Å². The van der Waals surface area contributed by atoms with Crippen molar-refractivity contribution < 1.29 is 17.9 Å². The predicted octanol–water partition coefficient (Wildman–Crippen LogP) is 3.66. The van der Waals surface area contributed by atoms with Crippen LogP contribution in [-0.4, -0.2) is 28.0 Å². The lowest BCUT2D eigenvalue weighted by atomic mass is 10.2. The molecule has 26 heavy (non-hydrogen) atoms. The zero-order valence-corrected chi connectivity index (χ0v) is 17.0. The minimum absolute atomic E-state index is 0.0848. The van der Waals surface area contributed by atoms with Crippen LogP contribution in [0.15, 0.2) is 41.3 Å². The highest BCUT2D eigenvalue weighted by Crippen LogP contribution is 2.28. The molecule has 142 valence electrons. The lowest BCUT2D eigenvalue weighted by Gasteiger charge is -2.15. The molecule has 0 saturated carbocycles. The molecule has 0 bridgehead atoms. The fraction of sp³-hybridized carbons (Fsp3) is 0.353. The van der Waals surface area contributed by atoms with Crippen LogP contribution in [0.3, 0.4) is 0 Å². The fourth-order valence-corrected chi connectivity index (χ4v) is 4.24. The standard InChI is InChI=1S/C17H21ClN2O4S2/c1-11(2)17(21)20-12-4-6-13(7-5-12)26(22,23)19-10-14(24-3)15-8-9-16(18)25-15/h4-9,11,14,19H,10H2,1-3H3,(H,20,21). The number of hydrogen-bond donors (Lipinski definition) is 2. The number of sulfonamides is 1. The number of amides is 1. The Bertz CT molecular complexity index is 848. The number of halogens is 1. The Labute approximate surface area is 162 Å². The molecular formula is C17H21ClN2O4S2. The van der Waals surface area contributed by atoms with E-state index in [1.54, 1.807) is 32.0 Å². The van der Waals surface area contributed by atoms with E-state index in [1.165, 1.54) is 30.6 Å². The fourth-order valence-electron chi connectivity index (χ4n) is 2.07. The Balaban J connectivity index is 2.03. The SMILES string of the molecule is COC(CNS(=O)(=O)c1ccc(NC(=O)C(C)C)cc1)c1ccc(Cl)s1. The molecule has 6 nitrogen and oxygen atoms in total. The Morgan fingerprint density at radius 3 is 2.35 bits per heavy atom. The Kier molecular flexibility index (Phi) is 7.19. The molecule has 0 radical (unpaired) electrons. The molecule has 0 saturated heterocycles. The van der Waals surface area contributed by atoms with Gasteiger partial charge in [-0.05, 0) is 36.4 Å². The first kappa shape index (κ1) is 20.9. The van der Waals surface area contributed by atoms with Crippen LogP contribution in [0, 0.1) is 5.92 Å². The van der Waals surface area contributed by atoms with Gasteiger partial charge in [-0.15, -0.1) is 11.3 Å². The summed E-state index contributed by atoms with van der Waals surface area (Å²) in [5.74, 6) is -0.284. The van der Waals surface area contributed by atoms with Crippen molar-refractivity contribution in [2.75, 3.05) is 19.0 Å². The van der Waals surface area contributed by atoms with Crippen molar-refractivity contribution in [3.8, 4) is 0 Å². The van der Waals surface area contributed by atoms with Crippen LogP contribution >= 0.6 is 22.9 Å². The van der Waals surface area contributed by atoms with Crippen LogP contribution < -0.4 is 10.0 Å². The summed E-state index contributed by atoms with van der Waals surface area (Å²) in [6.07, 6.45) is -0.424. The van der Waals surface area contributed by atoms with Gasteiger partial charge in [-0.2, -0.15) is 0 Å². The molecule has 0 spiro atoms. The average molecular weight is 417 g/mol. The molecule has 0 aliphatic carbocycles. The number of thiophene rings is 1. The Morgan fingerprint density at radius 1 is 1.19 bits per heavy atom. The van der Waals surface area contributed by atoms with Gasteiger partial charge in [-0.3, -0.25) is 4.79 Å². The number of rotatable bonds is 8. The van der Waals surface area contributed by atoms with Crippen LogP contribution in [0.2, 0.25) is 4.34 Å². The van der Waals surface area contributed by atoms with E-state index in [0.717, 1.165) is 4.88 Å². The number of nitrogens with one attached hydrogen (secondary N) is 2. The summed E-state index contributed by atoms with van der Waals surface area (Å²) in [4.78, 5) is 12.6. The van der Waals surface area contributed by atoms with Gasteiger partial charge in [0.05, 0.1) is 9.23 Å². The third kappa shape index (κ3) is 5.52. The van der Waals surface area contributed by atoms with E-state index in [2.05, 4.69) is 10.0 Å². The molecule has 1 aromatic carbocycles. The Morgan fingerprint density at radius 2 is 1.85 bits per heavy atom. The van der Waals surface area contributed by atoms with Crippen LogP contribution in [0.4, 0.5) is 5.69 Å². The van der Waals surface area contributed by atoms with E-state index in [1.807, 2.05) is 6.07 Å². The van der Waals surface area contributed by atoms with Gasteiger partial charge in [0.1, 0.15) is 6.10 Å². The van der Waals surface area contributed by atoms with Crippen molar-refractivity contribution >= 4 is 44.6 Å². The second-order valence-corrected chi connectivity index (χ2v) is 9.40. The molecule has 0 fully saturated rings. The zero-order chi connectivity index (χ0) is 19.3. The number of carbonyl (C=O) groups excluding carboxylic acids is 1. The maximum atomic E-state index is 12.5. The van der Waals surface area contributed by atoms with Gasteiger partial charge in [0, 0.05) is 30.1 Å². The highest BCUT2D eigenvalue weighted by atomic mass is 35.5. The first-order chi connectivity index (χ1) is 12.2. The largest absolute Gasteiger partial charge is 0.375 e. The predicted molar refractivity (Wildman–Crippen MR) is 104 cm³/mol. The number of hydrogen-bond acceptors (Lipinski definition) is 5. The molecular weight excluding hydrogens is 396 g/mol. The minimum Gasteiger partial charge on any atom is -0.375 e. The summed E-state index contributed by atoms with van der Waals surface area (Å²) in [7, 11) is -2.19. The van der Waals surface area contributed by atoms with Crippen LogP contribution in [0.25, 0.3) is 0 Å². The van der Waals surface area contributed by atoms with Crippen molar-refractivity contribution in [2.45, 2.75) is 24.8 Å². The van der Waals surface area contributed by atoms with Gasteiger partial charge in [-0.1, -0.05) is 25.4 Å². The maximum Gasteiger partial charge on any atom is 0.240 e. The molecule has 1 heterocycles. The van der Waals surface area contributed by atoms with Crippen molar-refractivity contribution in [1.82, 2.24) is 4.72 Å². The van der Waals surface area contributed by atoms with E-state index in [4.69, 9.17) is 16.3 Å². The second kappa shape index (κ2) is 8.96.